The summed E-state index contributed by atoms with van der Waals surface area (Å²) in [5, 5.41) is 2.99. The third kappa shape index (κ3) is 3.94. The maximum atomic E-state index is 15.1. The lowest BCUT2D eigenvalue weighted by atomic mass is 9.78. The van der Waals surface area contributed by atoms with Crippen LogP contribution in [0.3, 0.4) is 0 Å². The molecule has 1 N–H and O–H groups in total. The molecule has 6 rings (SSSR count). The molecule has 3 fully saturated rings. The molecule has 7 heteroatoms. The quantitative estimate of drug-likeness (QED) is 0.734. The topological polar surface area (TPSA) is 50.8 Å². The number of hydrogen-bond donors (Lipinski definition) is 1. The third-order valence-corrected chi connectivity index (χ3v) is 7.06. The van der Waals surface area contributed by atoms with Crippen LogP contribution in [0.1, 0.15) is 38.3 Å². The van der Waals surface area contributed by atoms with Gasteiger partial charge in [-0.25, -0.2) is 13.6 Å². The molecule has 170 valence electrons. The summed E-state index contributed by atoms with van der Waals surface area (Å²) in [7, 11) is 0. The van der Waals surface area contributed by atoms with E-state index in [4.69, 9.17) is 9.47 Å². The van der Waals surface area contributed by atoms with Crippen molar-refractivity contribution in [1.82, 2.24) is 10.2 Å². The summed E-state index contributed by atoms with van der Waals surface area (Å²) < 4.78 is 40.1. The minimum Gasteiger partial charge on any atom is -0.493 e. The Kier molecular flexibility index (Phi) is 5.32. The fourth-order valence-electron chi connectivity index (χ4n) is 5.14. The SMILES string of the molecule is CC1(C)COc2cc(-c3ccc(F)cc3)c(F)cc2C1NC(=O)O[C@H]1CN2CCC1CC2. The van der Waals surface area contributed by atoms with Gasteiger partial charge in [0.05, 0.1) is 12.6 Å². The summed E-state index contributed by atoms with van der Waals surface area (Å²) in [6.45, 7) is 7.23. The Balaban J connectivity index is 1.38. The van der Waals surface area contributed by atoms with Crippen LogP contribution >= 0.6 is 0 Å². The first-order chi connectivity index (χ1) is 15.3. The Hall–Kier alpha value is -2.67. The molecule has 0 aromatic heterocycles. The molecular weight excluding hydrogens is 414 g/mol. The van der Waals surface area contributed by atoms with Crippen LogP contribution in [0.15, 0.2) is 36.4 Å². The monoisotopic (exact) mass is 442 g/mol. The average molecular weight is 443 g/mol. The van der Waals surface area contributed by atoms with Gasteiger partial charge in [0.15, 0.2) is 0 Å². The summed E-state index contributed by atoms with van der Waals surface area (Å²) in [5.41, 5.74) is 1.02. The van der Waals surface area contributed by atoms with Gasteiger partial charge < -0.3 is 14.8 Å². The number of piperidine rings is 3. The smallest absolute Gasteiger partial charge is 0.407 e. The van der Waals surface area contributed by atoms with E-state index in [9.17, 15) is 9.18 Å². The number of nitrogens with zero attached hydrogens (tertiary/aromatic N) is 1. The second-order valence-corrected chi connectivity index (χ2v) is 9.81. The van der Waals surface area contributed by atoms with Crippen molar-refractivity contribution in [2.75, 3.05) is 26.2 Å². The van der Waals surface area contributed by atoms with Crippen LogP contribution in [0, 0.1) is 23.0 Å². The van der Waals surface area contributed by atoms with Gasteiger partial charge in [0.2, 0.25) is 0 Å². The van der Waals surface area contributed by atoms with Crippen LogP contribution in [-0.4, -0.2) is 43.3 Å². The lowest BCUT2D eigenvalue weighted by molar-refractivity contribution is -0.0361. The molecule has 4 aliphatic rings. The molecule has 2 aromatic carbocycles. The second-order valence-electron chi connectivity index (χ2n) is 9.81. The average Bonchev–Trinajstić information content (AvgIpc) is 2.77. The molecule has 2 aromatic rings. The van der Waals surface area contributed by atoms with E-state index in [1.165, 1.54) is 30.3 Å². The lowest BCUT2D eigenvalue weighted by Gasteiger charge is -2.44. The predicted octanol–water partition coefficient (Wildman–Crippen LogP) is 4.91. The molecule has 0 aliphatic carbocycles. The molecule has 2 atom stereocenters. The van der Waals surface area contributed by atoms with Gasteiger partial charge in [0.25, 0.3) is 0 Å². The Morgan fingerprint density at radius 1 is 1.16 bits per heavy atom. The summed E-state index contributed by atoms with van der Waals surface area (Å²) in [5.74, 6) is 0.0970. The molecule has 0 spiro atoms. The van der Waals surface area contributed by atoms with Gasteiger partial charge in [-0.05, 0) is 61.7 Å². The number of carbonyl (C=O) groups excluding carboxylic acids is 1. The second kappa shape index (κ2) is 8.03. The van der Waals surface area contributed by atoms with Crippen molar-refractivity contribution in [2.45, 2.75) is 38.8 Å². The fraction of sp³-hybridized carbons (Fsp3) is 0.480. The molecular formula is C25H28F2N2O3. The largest absolute Gasteiger partial charge is 0.493 e. The summed E-state index contributed by atoms with van der Waals surface area (Å²) in [6.07, 6.45) is 1.54. The number of halogens is 2. The zero-order valence-electron chi connectivity index (χ0n) is 18.4. The van der Waals surface area contributed by atoms with E-state index in [2.05, 4.69) is 10.2 Å². The number of benzene rings is 2. The van der Waals surface area contributed by atoms with Gasteiger partial charge in [-0.3, -0.25) is 4.90 Å². The molecule has 4 heterocycles. The Labute approximate surface area is 186 Å². The van der Waals surface area contributed by atoms with E-state index < -0.39 is 23.4 Å². The highest BCUT2D eigenvalue weighted by Crippen LogP contribution is 2.45. The number of carbonyl (C=O) groups is 1. The lowest BCUT2D eigenvalue weighted by Crippen LogP contribution is -2.53. The zero-order chi connectivity index (χ0) is 22.5. The third-order valence-electron chi connectivity index (χ3n) is 7.06. The van der Waals surface area contributed by atoms with E-state index in [-0.39, 0.29) is 11.9 Å². The standard InChI is InChI=1S/C25H28F2N2O3/c1-25(2)14-31-21-12-18(15-3-5-17(26)6-4-15)20(27)11-19(21)23(25)28-24(30)32-22-13-29-9-7-16(22)8-10-29/h3-6,11-12,16,22-23H,7-10,13-14H2,1-2H3,(H,28,30)/t22-,23?/m0/s1. The van der Waals surface area contributed by atoms with Crippen LogP contribution in [0.4, 0.5) is 13.6 Å². The van der Waals surface area contributed by atoms with E-state index in [0.717, 1.165) is 32.5 Å². The Morgan fingerprint density at radius 2 is 1.88 bits per heavy atom. The van der Waals surface area contributed by atoms with Gasteiger partial charge in [-0.2, -0.15) is 0 Å². The fourth-order valence-corrected chi connectivity index (χ4v) is 5.14. The molecule has 1 unspecified atom stereocenters. The van der Waals surface area contributed by atoms with Crippen molar-refractivity contribution in [3.05, 3.63) is 53.6 Å². The number of hydrogen-bond acceptors (Lipinski definition) is 4. The minimum absolute atomic E-state index is 0.0995. The maximum absolute atomic E-state index is 15.1. The van der Waals surface area contributed by atoms with Crippen molar-refractivity contribution in [1.29, 1.82) is 0 Å². The van der Waals surface area contributed by atoms with Crippen LogP contribution in [0.2, 0.25) is 0 Å². The van der Waals surface area contributed by atoms with Gasteiger partial charge in [-0.1, -0.05) is 26.0 Å². The summed E-state index contributed by atoms with van der Waals surface area (Å²) >= 11 is 0. The van der Waals surface area contributed by atoms with Crippen molar-refractivity contribution in [3.8, 4) is 16.9 Å². The molecule has 3 saturated heterocycles. The van der Waals surface area contributed by atoms with Crippen LogP contribution in [0.5, 0.6) is 5.75 Å². The van der Waals surface area contributed by atoms with Crippen molar-refractivity contribution in [3.63, 3.8) is 0 Å². The molecule has 0 radical (unpaired) electrons. The summed E-state index contributed by atoms with van der Waals surface area (Å²) in [4.78, 5) is 15.2. The minimum atomic E-state index is -0.474. The Morgan fingerprint density at radius 3 is 2.53 bits per heavy atom. The maximum Gasteiger partial charge on any atom is 0.407 e. The van der Waals surface area contributed by atoms with Crippen LogP contribution in [-0.2, 0) is 4.74 Å². The van der Waals surface area contributed by atoms with Crippen LogP contribution < -0.4 is 10.1 Å². The normalized spacial score (nSPS) is 27.9. The highest BCUT2D eigenvalue weighted by Gasteiger charge is 2.41. The van der Waals surface area contributed by atoms with Crippen LogP contribution in [0.25, 0.3) is 11.1 Å². The summed E-state index contributed by atoms with van der Waals surface area (Å²) in [6, 6.07) is 8.24. The van der Waals surface area contributed by atoms with E-state index in [1.54, 1.807) is 6.07 Å². The number of amides is 1. The van der Waals surface area contributed by atoms with Gasteiger partial charge in [0, 0.05) is 23.1 Å². The van der Waals surface area contributed by atoms with E-state index in [1.807, 2.05) is 13.8 Å². The number of fused-ring (bicyclic) bond motifs is 4. The molecule has 2 bridgehead atoms. The highest BCUT2D eigenvalue weighted by molar-refractivity contribution is 5.70. The van der Waals surface area contributed by atoms with Gasteiger partial charge in [-0.15, -0.1) is 0 Å². The molecule has 0 saturated carbocycles. The van der Waals surface area contributed by atoms with Crippen molar-refractivity contribution < 1.29 is 23.0 Å². The number of rotatable bonds is 3. The first-order valence-electron chi connectivity index (χ1n) is 11.2. The van der Waals surface area contributed by atoms with Crippen molar-refractivity contribution in [2.24, 2.45) is 11.3 Å². The molecule has 4 aliphatic heterocycles. The van der Waals surface area contributed by atoms with Gasteiger partial charge in [0.1, 0.15) is 23.5 Å². The van der Waals surface area contributed by atoms with E-state index >= 15 is 4.39 Å². The zero-order valence-corrected chi connectivity index (χ0v) is 18.4. The molecule has 32 heavy (non-hydrogen) atoms. The highest BCUT2D eigenvalue weighted by atomic mass is 19.1. The number of nitrogens with one attached hydrogen (secondary N) is 1. The molecule has 5 nitrogen and oxygen atoms in total. The Bertz CT molecular complexity index is 1020. The first kappa shape index (κ1) is 21.2. The molecule has 1 amide bonds. The number of alkyl carbamates (subject to hydrolysis) is 1. The van der Waals surface area contributed by atoms with Gasteiger partial charge >= 0.3 is 6.09 Å². The number of ether oxygens (including phenoxy) is 2. The first-order valence-corrected chi connectivity index (χ1v) is 11.2. The predicted molar refractivity (Wildman–Crippen MR) is 116 cm³/mol. The van der Waals surface area contributed by atoms with Crippen molar-refractivity contribution >= 4 is 6.09 Å². The van der Waals surface area contributed by atoms with E-state index in [0.29, 0.717) is 35.0 Å².